The van der Waals surface area contributed by atoms with Crippen LogP contribution in [-0.4, -0.2) is 12.7 Å². The molecule has 0 saturated carbocycles. The van der Waals surface area contributed by atoms with E-state index in [0.29, 0.717) is 15.2 Å². The average Bonchev–Trinajstić information content (AvgIpc) is 2.09. The first kappa shape index (κ1) is 12.6. The Balaban J connectivity index is 2.48. The molecule has 0 aliphatic carbocycles. The van der Waals surface area contributed by atoms with Gasteiger partial charge in [-0.3, -0.25) is 0 Å². The van der Waals surface area contributed by atoms with Crippen molar-refractivity contribution in [2.24, 2.45) is 0 Å². The smallest absolute Gasteiger partial charge is 0.385 e. The first-order valence-corrected chi connectivity index (χ1v) is 5.31. The van der Waals surface area contributed by atoms with Crippen molar-refractivity contribution in [3.05, 3.63) is 27.7 Å². The summed E-state index contributed by atoms with van der Waals surface area (Å²) in [5.41, 5.74) is 0.607. The summed E-state index contributed by atoms with van der Waals surface area (Å²) in [6, 6.07) is 4.88. The molecular formula is C9H8BrClF3N. The number of halogens is 5. The molecule has 1 aromatic rings. The molecular weight excluding hydrogens is 294 g/mol. The van der Waals surface area contributed by atoms with Gasteiger partial charge >= 0.3 is 6.18 Å². The third-order valence-corrected chi connectivity index (χ3v) is 2.87. The Morgan fingerprint density at radius 2 is 2.00 bits per heavy atom. The first-order valence-electron chi connectivity index (χ1n) is 4.14. The van der Waals surface area contributed by atoms with Gasteiger partial charge in [0.2, 0.25) is 0 Å². The van der Waals surface area contributed by atoms with Crippen molar-refractivity contribution in [1.82, 2.24) is 0 Å². The molecule has 1 nitrogen and oxygen atoms in total. The quantitative estimate of drug-likeness (QED) is 0.869. The number of hydrogen-bond acceptors (Lipinski definition) is 1. The zero-order valence-electron chi connectivity index (χ0n) is 7.54. The van der Waals surface area contributed by atoms with Gasteiger partial charge in [-0.25, -0.2) is 0 Å². The molecule has 1 N–H and O–H groups in total. The van der Waals surface area contributed by atoms with Crippen LogP contribution in [0.5, 0.6) is 0 Å². The summed E-state index contributed by atoms with van der Waals surface area (Å²) in [6.07, 6.45) is -4.98. The highest BCUT2D eigenvalue weighted by molar-refractivity contribution is 9.10. The Bertz CT molecular complexity index is 341. The molecule has 84 valence electrons. The average molecular weight is 303 g/mol. The zero-order valence-corrected chi connectivity index (χ0v) is 9.88. The van der Waals surface area contributed by atoms with Gasteiger partial charge in [0.15, 0.2) is 0 Å². The van der Waals surface area contributed by atoms with Crippen LogP contribution in [0.2, 0.25) is 5.02 Å². The maximum absolute atomic E-state index is 11.8. The molecule has 6 heteroatoms. The molecule has 0 unspecified atom stereocenters. The number of anilines is 1. The molecule has 0 radical (unpaired) electrons. The van der Waals surface area contributed by atoms with Gasteiger partial charge in [-0.05, 0) is 34.1 Å². The van der Waals surface area contributed by atoms with E-state index in [9.17, 15) is 13.2 Å². The van der Waals surface area contributed by atoms with Crippen LogP contribution in [0.15, 0.2) is 22.7 Å². The molecule has 1 rings (SSSR count). The lowest BCUT2D eigenvalue weighted by atomic mass is 10.3. The van der Waals surface area contributed by atoms with Crippen LogP contribution in [0.25, 0.3) is 0 Å². The second-order valence-corrected chi connectivity index (χ2v) is 4.18. The van der Waals surface area contributed by atoms with Crippen LogP contribution in [0, 0.1) is 0 Å². The molecule has 0 atom stereocenters. The molecule has 0 amide bonds. The van der Waals surface area contributed by atoms with E-state index in [-0.39, 0.29) is 6.54 Å². The number of rotatable bonds is 3. The molecule has 0 aliphatic heterocycles. The van der Waals surface area contributed by atoms with Crippen LogP contribution in [0.3, 0.4) is 0 Å². The minimum atomic E-state index is -4.13. The summed E-state index contributed by atoms with van der Waals surface area (Å²) in [6.45, 7) is -0.141. The highest BCUT2D eigenvalue weighted by Crippen LogP contribution is 2.26. The lowest BCUT2D eigenvalue weighted by molar-refractivity contribution is -0.131. The maximum Gasteiger partial charge on any atom is 0.390 e. The third-order valence-electron chi connectivity index (χ3n) is 1.66. The lowest BCUT2D eigenvalue weighted by Gasteiger charge is -2.09. The molecule has 0 bridgehead atoms. The minimum Gasteiger partial charge on any atom is -0.385 e. The van der Waals surface area contributed by atoms with Gasteiger partial charge in [0, 0.05) is 16.7 Å². The molecule has 0 saturated heterocycles. The SMILES string of the molecule is FC(F)(F)CCNc1ccc(Cl)c(Br)c1. The van der Waals surface area contributed by atoms with Crippen molar-refractivity contribution in [2.75, 3.05) is 11.9 Å². The van der Waals surface area contributed by atoms with Crippen LogP contribution >= 0.6 is 27.5 Å². The fourth-order valence-electron chi connectivity index (χ4n) is 0.955. The van der Waals surface area contributed by atoms with Crippen LogP contribution in [-0.2, 0) is 0 Å². The molecule has 15 heavy (non-hydrogen) atoms. The van der Waals surface area contributed by atoms with E-state index in [1.807, 2.05) is 0 Å². The summed E-state index contributed by atoms with van der Waals surface area (Å²) in [5, 5.41) is 3.19. The topological polar surface area (TPSA) is 12.0 Å². The van der Waals surface area contributed by atoms with Crippen molar-refractivity contribution in [3.63, 3.8) is 0 Å². The standard InChI is InChI=1S/C9H8BrClF3N/c10-7-5-6(1-2-8(7)11)15-4-3-9(12,13)14/h1-2,5,15H,3-4H2. The fraction of sp³-hybridized carbons (Fsp3) is 0.333. The van der Waals surface area contributed by atoms with Gasteiger partial charge in [-0.1, -0.05) is 11.6 Å². The number of benzene rings is 1. The van der Waals surface area contributed by atoms with Crippen LogP contribution < -0.4 is 5.32 Å². The fourth-order valence-corrected chi connectivity index (χ4v) is 1.45. The molecule has 0 heterocycles. The summed E-state index contributed by atoms with van der Waals surface area (Å²) in [7, 11) is 0. The van der Waals surface area contributed by atoms with Gasteiger partial charge in [-0.2, -0.15) is 13.2 Å². The van der Waals surface area contributed by atoms with E-state index in [1.54, 1.807) is 18.2 Å². The first-order chi connectivity index (χ1) is 6.88. The van der Waals surface area contributed by atoms with Gasteiger partial charge in [0.1, 0.15) is 0 Å². The monoisotopic (exact) mass is 301 g/mol. The molecule has 0 aromatic heterocycles. The maximum atomic E-state index is 11.8. The van der Waals surface area contributed by atoms with Gasteiger partial charge in [-0.15, -0.1) is 0 Å². The highest BCUT2D eigenvalue weighted by atomic mass is 79.9. The van der Waals surface area contributed by atoms with Crippen LogP contribution in [0.4, 0.5) is 18.9 Å². The van der Waals surface area contributed by atoms with E-state index in [2.05, 4.69) is 21.2 Å². The van der Waals surface area contributed by atoms with Crippen molar-refractivity contribution in [2.45, 2.75) is 12.6 Å². The predicted molar refractivity (Wildman–Crippen MR) is 58.3 cm³/mol. The molecule has 0 spiro atoms. The number of hydrogen-bond donors (Lipinski definition) is 1. The number of alkyl halides is 3. The highest BCUT2D eigenvalue weighted by Gasteiger charge is 2.26. The van der Waals surface area contributed by atoms with Gasteiger partial charge < -0.3 is 5.32 Å². The summed E-state index contributed by atoms with van der Waals surface area (Å²) in [4.78, 5) is 0. The van der Waals surface area contributed by atoms with E-state index < -0.39 is 12.6 Å². The van der Waals surface area contributed by atoms with Crippen molar-refractivity contribution >= 4 is 33.2 Å². The Morgan fingerprint density at radius 3 is 2.53 bits per heavy atom. The van der Waals surface area contributed by atoms with E-state index in [0.717, 1.165) is 0 Å². The van der Waals surface area contributed by atoms with Gasteiger partial charge in [0.05, 0.1) is 11.4 Å². The Labute approximate surface area is 98.7 Å². The van der Waals surface area contributed by atoms with E-state index >= 15 is 0 Å². The molecule has 0 aliphatic rings. The zero-order chi connectivity index (χ0) is 11.5. The summed E-state index contributed by atoms with van der Waals surface area (Å²) >= 11 is 8.92. The minimum absolute atomic E-state index is 0.141. The second kappa shape index (κ2) is 5.07. The molecule has 1 aromatic carbocycles. The third kappa shape index (κ3) is 4.75. The van der Waals surface area contributed by atoms with E-state index in [1.165, 1.54) is 0 Å². The summed E-state index contributed by atoms with van der Waals surface area (Å²) in [5.74, 6) is 0. The Morgan fingerprint density at radius 1 is 1.33 bits per heavy atom. The molecule has 0 fully saturated rings. The Hall–Kier alpha value is -0.420. The van der Waals surface area contributed by atoms with Crippen LogP contribution in [0.1, 0.15) is 6.42 Å². The van der Waals surface area contributed by atoms with Crippen molar-refractivity contribution < 1.29 is 13.2 Å². The Kier molecular flexibility index (Phi) is 4.28. The normalized spacial score (nSPS) is 11.5. The van der Waals surface area contributed by atoms with Crippen molar-refractivity contribution in [3.8, 4) is 0 Å². The van der Waals surface area contributed by atoms with Crippen molar-refractivity contribution in [1.29, 1.82) is 0 Å². The largest absolute Gasteiger partial charge is 0.390 e. The lowest BCUT2D eigenvalue weighted by Crippen LogP contribution is -2.14. The second-order valence-electron chi connectivity index (χ2n) is 2.92. The predicted octanol–water partition coefficient (Wildman–Crippen LogP) is 4.47. The van der Waals surface area contributed by atoms with Gasteiger partial charge in [0.25, 0.3) is 0 Å². The summed E-state index contributed by atoms with van der Waals surface area (Å²) < 4.78 is 36.1. The van der Waals surface area contributed by atoms with E-state index in [4.69, 9.17) is 11.6 Å². The number of nitrogens with one attached hydrogen (secondary N) is 1.